The Morgan fingerprint density at radius 3 is 2.59 bits per heavy atom. The van der Waals surface area contributed by atoms with Gasteiger partial charge in [-0.15, -0.1) is 11.3 Å². The third-order valence-corrected chi connectivity index (χ3v) is 14.6. The number of pyridine rings is 1. The molecule has 14 nitrogen and oxygen atoms in total. The van der Waals surface area contributed by atoms with Gasteiger partial charge in [0.25, 0.3) is 11.8 Å². The molecular formula is C41H50FN5O9S2. The molecule has 2 saturated carbocycles. The molecule has 0 unspecified atom stereocenters. The Bertz CT molecular complexity index is 2260. The summed E-state index contributed by atoms with van der Waals surface area (Å²) >= 11 is 1.31. The second kappa shape index (κ2) is 16.1. The van der Waals surface area contributed by atoms with Crippen LogP contribution in [-0.4, -0.2) is 90.2 Å². The van der Waals surface area contributed by atoms with Crippen LogP contribution in [0.25, 0.3) is 10.9 Å². The van der Waals surface area contributed by atoms with Gasteiger partial charge >= 0.3 is 0 Å². The molecule has 3 fully saturated rings. The lowest BCUT2D eigenvalue weighted by molar-refractivity contribution is -0.141. The molecule has 0 spiro atoms. The molecule has 17 heteroatoms. The maximum atomic E-state index is 14.9. The van der Waals surface area contributed by atoms with Crippen LogP contribution in [0.3, 0.4) is 0 Å². The van der Waals surface area contributed by atoms with E-state index in [4.69, 9.17) is 14.2 Å². The van der Waals surface area contributed by atoms with Gasteiger partial charge in [0.15, 0.2) is 11.6 Å². The van der Waals surface area contributed by atoms with Crippen molar-refractivity contribution < 1.29 is 46.2 Å². The molecule has 3 N–H and O–H groups in total. The normalized spacial score (nSPS) is 26.4. The number of carbonyl (C=O) groups excluding carboxylic acids is 4. The van der Waals surface area contributed by atoms with E-state index in [0.29, 0.717) is 42.4 Å². The van der Waals surface area contributed by atoms with Crippen molar-refractivity contribution in [2.24, 2.45) is 5.92 Å². The minimum atomic E-state index is -4.02. The van der Waals surface area contributed by atoms with Crippen LogP contribution < -0.4 is 29.6 Å². The summed E-state index contributed by atoms with van der Waals surface area (Å²) < 4.78 is 60.3. The van der Waals surface area contributed by atoms with E-state index < -0.39 is 73.9 Å². The fraction of sp³-hybridized carbons (Fsp3) is 0.537. The predicted octanol–water partition coefficient (Wildman–Crippen LogP) is 5.08. The van der Waals surface area contributed by atoms with Crippen molar-refractivity contribution in [2.75, 3.05) is 13.7 Å². The summed E-state index contributed by atoms with van der Waals surface area (Å²) in [5.74, 6) is -3.22. The van der Waals surface area contributed by atoms with Crippen molar-refractivity contribution in [3.63, 3.8) is 0 Å². The molecule has 312 valence electrons. The van der Waals surface area contributed by atoms with Gasteiger partial charge in [0.05, 0.1) is 29.4 Å². The van der Waals surface area contributed by atoms with E-state index >= 15 is 0 Å². The van der Waals surface area contributed by atoms with Gasteiger partial charge in [0, 0.05) is 28.7 Å². The van der Waals surface area contributed by atoms with Gasteiger partial charge in [-0.05, 0) is 90.5 Å². The molecule has 1 saturated heterocycles. The Morgan fingerprint density at radius 2 is 1.90 bits per heavy atom. The smallest absolute Gasteiger partial charge is 0.262 e. The van der Waals surface area contributed by atoms with Gasteiger partial charge in [-0.3, -0.25) is 23.9 Å². The van der Waals surface area contributed by atoms with Crippen LogP contribution in [-0.2, 0) is 24.4 Å². The van der Waals surface area contributed by atoms with E-state index in [2.05, 4.69) is 20.3 Å². The highest BCUT2D eigenvalue weighted by atomic mass is 32.2. The van der Waals surface area contributed by atoms with Crippen molar-refractivity contribution in [3.05, 3.63) is 58.1 Å². The number of benzene rings is 1. The van der Waals surface area contributed by atoms with E-state index in [9.17, 15) is 32.0 Å². The molecule has 58 heavy (non-hydrogen) atoms. The maximum Gasteiger partial charge on any atom is 0.262 e. The van der Waals surface area contributed by atoms with Gasteiger partial charge in [-0.2, -0.15) is 0 Å². The summed E-state index contributed by atoms with van der Waals surface area (Å²) in [6.45, 7) is 7.00. The van der Waals surface area contributed by atoms with Crippen LogP contribution in [0, 0.1) is 18.7 Å². The average molecular weight is 840 g/mol. The summed E-state index contributed by atoms with van der Waals surface area (Å²) in [5.41, 5.74) is -1.41. The number of thiophene rings is 1. The number of methoxy groups -OCH3 is 1. The highest BCUT2D eigenvalue weighted by molar-refractivity contribution is 7.91. The molecule has 0 bridgehead atoms. The van der Waals surface area contributed by atoms with Crippen molar-refractivity contribution in [3.8, 4) is 17.4 Å². The average Bonchev–Trinajstić information content (AvgIpc) is 3.96. The predicted molar refractivity (Wildman–Crippen MR) is 215 cm³/mol. The van der Waals surface area contributed by atoms with Crippen LogP contribution in [0.5, 0.6) is 17.4 Å². The van der Waals surface area contributed by atoms with Crippen LogP contribution in [0.4, 0.5) is 4.39 Å². The number of fused-ring (bicyclic) bond motifs is 3. The number of aryl methyl sites for hydroxylation is 1. The number of carbonyl (C=O) groups is 4. The summed E-state index contributed by atoms with van der Waals surface area (Å²) in [6, 6.07) is 5.65. The minimum absolute atomic E-state index is 0.0283. The monoisotopic (exact) mass is 839 g/mol. The quantitative estimate of drug-likeness (QED) is 0.233. The first-order valence-corrected chi connectivity index (χ1v) is 22.1. The van der Waals surface area contributed by atoms with Gasteiger partial charge in [-0.1, -0.05) is 25.0 Å². The molecule has 5 atom stereocenters. The van der Waals surface area contributed by atoms with Gasteiger partial charge < -0.3 is 29.7 Å². The van der Waals surface area contributed by atoms with Gasteiger partial charge in [0.2, 0.25) is 27.7 Å². The second-order valence-corrected chi connectivity index (χ2v) is 19.7. The summed E-state index contributed by atoms with van der Waals surface area (Å²) in [6.07, 6.45) is 6.82. The lowest BCUT2D eigenvalue weighted by atomic mass is 10.0. The third-order valence-electron chi connectivity index (χ3n) is 11.4. The Morgan fingerprint density at radius 1 is 1.12 bits per heavy atom. The van der Waals surface area contributed by atoms with Gasteiger partial charge in [0.1, 0.15) is 35.0 Å². The number of sulfonamides is 1. The Balaban J connectivity index is 1.23. The van der Waals surface area contributed by atoms with Crippen LogP contribution in [0.2, 0.25) is 0 Å². The second-order valence-electron chi connectivity index (χ2n) is 16.2. The van der Waals surface area contributed by atoms with Crippen molar-refractivity contribution in [1.29, 1.82) is 0 Å². The van der Waals surface area contributed by atoms with Gasteiger partial charge in [-0.25, -0.2) is 17.8 Å². The largest absolute Gasteiger partial charge is 0.491 e. The van der Waals surface area contributed by atoms with Crippen molar-refractivity contribution >= 4 is 55.9 Å². The molecule has 4 amide bonds. The Kier molecular flexibility index (Phi) is 11.5. The Labute approximate surface area is 341 Å². The standard InChI is InChI=1S/C41H50FN5O9S2/c1-23(2)55-33-20-31(27-14-15-28(42)35(54-5)34(27)44-33)56-26-19-30-36(48)45-41(39(51)46-58(52,53)40(4)17-18-40)21-25(41)11-9-7-6-8-10-12-29(38(50)47(30)22-26)43-37(49)32-16-13-24(3)57-32/h9,11,13-16,20,23,25-26,29-30H,6-8,10,12,17-19,21-22H2,1-5H3,(H,43,49)(H,45,48)(H,46,51)/b11-9-/t25-,26-,29+,30+,41-/m1/s1. The first-order chi connectivity index (χ1) is 27.5. The van der Waals surface area contributed by atoms with Crippen molar-refractivity contribution in [2.45, 2.75) is 120 Å². The summed E-state index contributed by atoms with van der Waals surface area (Å²) in [5, 5.41) is 6.21. The first-order valence-electron chi connectivity index (χ1n) is 19.8. The topological polar surface area (TPSA) is 182 Å². The number of hydrogen-bond acceptors (Lipinski definition) is 11. The number of ether oxygens (including phenoxy) is 3. The van der Waals surface area contributed by atoms with E-state index in [1.54, 1.807) is 19.1 Å². The minimum Gasteiger partial charge on any atom is -0.491 e. The van der Waals surface area contributed by atoms with Crippen LogP contribution >= 0.6 is 11.3 Å². The molecule has 2 aliphatic carbocycles. The van der Waals surface area contributed by atoms with E-state index in [1.165, 1.54) is 35.5 Å². The molecule has 2 aliphatic heterocycles. The molecule has 4 heterocycles. The maximum absolute atomic E-state index is 14.9. The lowest BCUT2D eigenvalue weighted by Gasteiger charge is -2.30. The zero-order valence-corrected chi connectivity index (χ0v) is 34.9. The number of hydrogen-bond donors (Lipinski definition) is 3. The lowest BCUT2D eigenvalue weighted by Crippen LogP contribution is -2.58. The molecule has 1 aromatic carbocycles. The number of nitrogens with one attached hydrogen (secondary N) is 3. The van der Waals surface area contributed by atoms with Crippen LogP contribution in [0.1, 0.15) is 93.1 Å². The highest BCUT2D eigenvalue weighted by Crippen LogP contribution is 2.48. The number of allylic oxidation sites excluding steroid dienone is 1. The highest BCUT2D eigenvalue weighted by Gasteiger charge is 2.63. The number of nitrogens with zero attached hydrogens (tertiary/aromatic N) is 2. The molecule has 7 rings (SSSR count). The first kappa shape index (κ1) is 41.4. The number of rotatable bonds is 10. The SMILES string of the molecule is COc1c(F)ccc2c(O[C@@H]3C[C@H]4C(=O)N[C@]5(C(=O)NS(=O)(=O)C6(C)CC6)C[C@H]5/C=C\CCCCC[C@H](NC(=O)c5ccc(C)s5)C(=O)N4C3)cc(OC(C)C)nc12. The zero-order chi connectivity index (χ0) is 41.6. The Hall–Kier alpha value is -4.77. The van der Waals surface area contributed by atoms with E-state index in [1.807, 2.05) is 39.0 Å². The van der Waals surface area contributed by atoms with Crippen molar-refractivity contribution in [1.82, 2.24) is 25.2 Å². The molecule has 2 aromatic heterocycles. The summed E-state index contributed by atoms with van der Waals surface area (Å²) in [7, 11) is -2.70. The fourth-order valence-corrected chi connectivity index (χ4v) is 9.78. The molecule has 4 aliphatic rings. The number of amides is 4. The number of aromatic nitrogens is 1. The van der Waals surface area contributed by atoms with Crippen LogP contribution in [0.15, 0.2) is 42.5 Å². The van der Waals surface area contributed by atoms with E-state index in [0.717, 1.165) is 17.7 Å². The summed E-state index contributed by atoms with van der Waals surface area (Å²) in [4.78, 5) is 63.9. The zero-order valence-electron chi connectivity index (χ0n) is 33.3. The molecule has 0 radical (unpaired) electrons. The fourth-order valence-electron chi connectivity index (χ4n) is 7.69. The number of halogens is 1. The molecule has 3 aromatic rings. The third kappa shape index (κ3) is 8.38. The molecular weight excluding hydrogens is 790 g/mol. The van der Waals surface area contributed by atoms with E-state index in [-0.39, 0.29) is 48.4 Å².